The first kappa shape index (κ1) is 24.5. The maximum absolute atomic E-state index is 13.6. The fraction of sp³-hybridized carbons (Fsp3) is 0.179. The fourth-order valence-electron chi connectivity index (χ4n) is 3.89. The summed E-state index contributed by atoms with van der Waals surface area (Å²) in [4.78, 5) is 33.2. The predicted molar refractivity (Wildman–Crippen MR) is 140 cm³/mol. The van der Waals surface area contributed by atoms with Gasteiger partial charge in [0.15, 0.2) is 11.5 Å². The Kier molecular flexibility index (Phi) is 7.05. The average molecular weight is 486 g/mol. The molecule has 36 heavy (non-hydrogen) atoms. The number of amides is 2. The zero-order valence-electron chi connectivity index (χ0n) is 20.8. The topological polar surface area (TPSA) is 80.7 Å². The zero-order valence-corrected chi connectivity index (χ0v) is 20.8. The Hall–Kier alpha value is -4.59. The molecule has 0 aromatic heterocycles. The third-order valence-corrected chi connectivity index (χ3v) is 5.85. The monoisotopic (exact) mass is 485 g/mol. The van der Waals surface area contributed by atoms with Crippen molar-refractivity contribution in [2.24, 2.45) is 4.99 Å². The van der Waals surface area contributed by atoms with Crippen LogP contribution in [-0.4, -0.2) is 46.0 Å². The number of benzene rings is 3. The highest BCUT2D eigenvalue weighted by Crippen LogP contribution is 2.39. The number of amidine groups is 1. The molecule has 0 fully saturated rings. The Labute approximate surface area is 210 Å². The molecular weight excluding hydrogens is 458 g/mol. The number of nitrogens with zero attached hydrogens (tertiary/aromatic N) is 3. The average Bonchev–Trinajstić information content (AvgIpc) is 3.23. The lowest BCUT2D eigenvalue weighted by Gasteiger charge is -2.20. The van der Waals surface area contributed by atoms with Crippen LogP contribution >= 0.6 is 0 Å². The molecule has 3 aromatic rings. The zero-order chi connectivity index (χ0) is 25.8. The highest BCUT2D eigenvalue weighted by atomic mass is 16.5. The van der Waals surface area contributed by atoms with Crippen LogP contribution in [0.3, 0.4) is 0 Å². The lowest BCUT2D eigenvalue weighted by molar-refractivity contribution is -0.116. The Morgan fingerprint density at radius 3 is 2.06 bits per heavy atom. The highest BCUT2D eigenvalue weighted by Gasteiger charge is 2.32. The lowest BCUT2D eigenvalue weighted by atomic mass is 10.1. The van der Waals surface area contributed by atoms with Gasteiger partial charge in [-0.25, -0.2) is 4.99 Å². The SMILES string of the molecule is COc1cc(C=C2N=C(c3ccccc3)N(c3ccc(N(C)C(C)=O)cc3)C2=O)cc(OC)c1OC. The van der Waals surface area contributed by atoms with Crippen molar-refractivity contribution in [3.05, 3.63) is 83.6 Å². The summed E-state index contributed by atoms with van der Waals surface area (Å²) in [5.41, 5.74) is 3.09. The van der Waals surface area contributed by atoms with Crippen LogP contribution in [-0.2, 0) is 9.59 Å². The molecule has 0 unspecified atom stereocenters. The standard InChI is InChI=1S/C28H27N3O5/c1-18(32)30(2)21-11-13-22(14-12-21)31-27(20-9-7-6-8-10-20)29-23(28(31)33)15-19-16-24(34-3)26(36-5)25(17-19)35-4/h6-17H,1-5H3. The normalized spacial score (nSPS) is 14.0. The Morgan fingerprint density at radius 2 is 1.53 bits per heavy atom. The maximum atomic E-state index is 13.6. The van der Waals surface area contributed by atoms with Crippen LogP contribution in [0.25, 0.3) is 6.08 Å². The summed E-state index contributed by atoms with van der Waals surface area (Å²) in [5, 5.41) is 0. The quantitative estimate of drug-likeness (QED) is 0.460. The largest absolute Gasteiger partial charge is 0.493 e. The van der Waals surface area contributed by atoms with Gasteiger partial charge in [0.05, 0.1) is 27.0 Å². The van der Waals surface area contributed by atoms with Crippen LogP contribution in [0.5, 0.6) is 17.2 Å². The van der Waals surface area contributed by atoms with Crippen LogP contribution in [0.1, 0.15) is 18.1 Å². The molecule has 0 bridgehead atoms. The van der Waals surface area contributed by atoms with E-state index in [0.29, 0.717) is 34.3 Å². The summed E-state index contributed by atoms with van der Waals surface area (Å²) in [6, 6.07) is 20.2. The van der Waals surface area contributed by atoms with E-state index in [-0.39, 0.29) is 17.5 Å². The van der Waals surface area contributed by atoms with Gasteiger partial charge in [-0.15, -0.1) is 0 Å². The van der Waals surface area contributed by atoms with Gasteiger partial charge < -0.3 is 19.1 Å². The van der Waals surface area contributed by atoms with Crippen LogP contribution in [0.2, 0.25) is 0 Å². The van der Waals surface area contributed by atoms with Gasteiger partial charge in [0.2, 0.25) is 11.7 Å². The Balaban J connectivity index is 1.79. The van der Waals surface area contributed by atoms with Crippen molar-refractivity contribution in [3.63, 3.8) is 0 Å². The minimum atomic E-state index is -0.282. The van der Waals surface area contributed by atoms with Gasteiger partial charge in [0.25, 0.3) is 5.91 Å². The minimum absolute atomic E-state index is 0.0814. The molecule has 4 rings (SSSR count). The molecular formula is C28H27N3O5. The summed E-state index contributed by atoms with van der Waals surface area (Å²) in [5.74, 6) is 1.56. The fourth-order valence-corrected chi connectivity index (χ4v) is 3.89. The molecule has 184 valence electrons. The van der Waals surface area contributed by atoms with Gasteiger partial charge in [0.1, 0.15) is 11.5 Å². The molecule has 8 heteroatoms. The van der Waals surface area contributed by atoms with Gasteiger partial charge in [0, 0.05) is 25.2 Å². The number of carbonyl (C=O) groups is 2. The number of anilines is 2. The van der Waals surface area contributed by atoms with E-state index in [4.69, 9.17) is 19.2 Å². The number of hydrogen-bond donors (Lipinski definition) is 0. The molecule has 8 nitrogen and oxygen atoms in total. The lowest BCUT2D eigenvalue weighted by Crippen LogP contribution is -2.32. The molecule has 0 N–H and O–H groups in total. The molecule has 0 spiro atoms. The Bertz CT molecular complexity index is 1320. The van der Waals surface area contributed by atoms with Crippen molar-refractivity contribution in [3.8, 4) is 17.2 Å². The summed E-state index contributed by atoms with van der Waals surface area (Å²) in [6.45, 7) is 1.50. The minimum Gasteiger partial charge on any atom is -0.493 e. The third kappa shape index (κ3) is 4.65. The van der Waals surface area contributed by atoms with Gasteiger partial charge in [-0.1, -0.05) is 30.3 Å². The number of hydrogen-bond acceptors (Lipinski definition) is 6. The number of carbonyl (C=O) groups excluding carboxylic acids is 2. The molecule has 0 saturated carbocycles. The molecule has 1 aliphatic rings. The second-order valence-electron chi connectivity index (χ2n) is 8.02. The first-order valence-electron chi connectivity index (χ1n) is 11.2. The third-order valence-electron chi connectivity index (χ3n) is 5.85. The number of aliphatic imine (C=N–C) groups is 1. The van der Waals surface area contributed by atoms with Crippen molar-refractivity contribution < 1.29 is 23.8 Å². The smallest absolute Gasteiger partial charge is 0.282 e. The van der Waals surface area contributed by atoms with E-state index in [1.165, 1.54) is 33.2 Å². The number of ether oxygens (including phenoxy) is 3. The second kappa shape index (κ2) is 10.4. The second-order valence-corrected chi connectivity index (χ2v) is 8.02. The molecule has 1 aliphatic heterocycles. The summed E-state index contributed by atoms with van der Waals surface area (Å²) < 4.78 is 16.3. The van der Waals surface area contributed by atoms with Crippen molar-refractivity contribution in [1.29, 1.82) is 0 Å². The van der Waals surface area contributed by atoms with Crippen LogP contribution in [0.15, 0.2) is 77.4 Å². The molecule has 3 aromatic carbocycles. The van der Waals surface area contributed by atoms with Gasteiger partial charge >= 0.3 is 0 Å². The summed E-state index contributed by atoms with van der Waals surface area (Å²) in [6.07, 6.45) is 1.69. The van der Waals surface area contributed by atoms with E-state index < -0.39 is 0 Å². The summed E-state index contributed by atoms with van der Waals surface area (Å²) in [7, 11) is 6.31. The first-order chi connectivity index (χ1) is 17.4. The molecule has 0 radical (unpaired) electrons. The van der Waals surface area contributed by atoms with Gasteiger partial charge in [-0.05, 0) is 48.0 Å². The van der Waals surface area contributed by atoms with Crippen molar-refractivity contribution in [2.45, 2.75) is 6.92 Å². The summed E-state index contributed by atoms with van der Waals surface area (Å²) >= 11 is 0. The molecule has 1 heterocycles. The molecule has 2 amide bonds. The van der Waals surface area contributed by atoms with Gasteiger partial charge in [-0.3, -0.25) is 14.5 Å². The first-order valence-corrected chi connectivity index (χ1v) is 11.2. The molecule has 0 atom stereocenters. The number of methoxy groups -OCH3 is 3. The van der Waals surface area contributed by atoms with E-state index in [0.717, 1.165) is 11.3 Å². The van der Waals surface area contributed by atoms with Crippen molar-refractivity contribution in [1.82, 2.24) is 0 Å². The van der Waals surface area contributed by atoms with E-state index in [9.17, 15) is 9.59 Å². The van der Waals surface area contributed by atoms with E-state index in [1.54, 1.807) is 54.4 Å². The van der Waals surface area contributed by atoms with Crippen LogP contribution < -0.4 is 24.0 Å². The van der Waals surface area contributed by atoms with E-state index in [2.05, 4.69) is 0 Å². The maximum Gasteiger partial charge on any atom is 0.282 e. The van der Waals surface area contributed by atoms with E-state index in [1.807, 2.05) is 30.3 Å². The Morgan fingerprint density at radius 1 is 0.917 bits per heavy atom. The van der Waals surface area contributed by atoms with E-state index >= 15 is 0 Å². The highest BCUT2D eigenvalue weighted by molar-refractivity contribution is 6.33. The number of rotatable bonds is 7. The van der Waals surface area contributed by atoms with Gasteiger partial charge in [-0.2, -0.15) is 0 Å². The molecule has 0 saturated heterocycles. The van der Waals surface area contributed by atoms with Crippen molar-refractivity contribution >= 4 is 35.1 Å². The molecule has 0 aliphatic carbocycles. The van der Waals surface area contributed by atoms with Crippen molar-refractivity contribution in [2.75, 3.05) is 38.2 Å². The predicted octanol–water partition coefficient (Wildman–Crippen LogP) is 4.53. The van der Waals surface area contributed by atoms with Crippen LogP contribution in [0.4, 0.5) is 11.4 Å². The van der Waals surface area contributed by atoms with Crippen LogP contribution in [0, 0.1) is 0 Å².